The summed E-state index contributed by atoms with van der Waals surface area (Å²) in [4.78, 5) is 0. The Bertz CT molecular complexity index is 650. The van der Waals surface area contributed by atoms with Crippen molar-refractivity contribution in [3.63, 3.8) is 0 Å². The monoisotopic (exact) mass is 312 g/mol. The van der Waals surface area contributed by atoms with E-state index in [-0.39, 0.29) is 5.82 Å². The van der Waals surface area contributed by atoms with E-state index in [2.05, 4.69) is 32.0 Å². The molecule has 2 aromatic carbocycles. The summed E-state index contributed by atoms with van der Waals surface area (Å²) >= 11 is 0. The van der Waals surface area contributed by atoms with E-state index in [1.54, 1.807) is 0 Å². The first-order valence-corrected chi connectivity index (χ1v) is 9.44. The second kappa shape index (κ2) is 7.47. The maximum atomic E-state index is 14.6. The fraction of sp³-hybridized carbons (Fsp3) is 0.545. The standard InChI is InChI=1S/C22H29F/c1-3-5-16-7-9-17(10-8-16)19-13-14-21-20(15-19)12-11-18(6-4-2)22(21)23/h11-17H,3-10H2,1-2H3. The van der Waals surface area contributed by atoms with Gasteiger partial charge in [-0.15, -0.1) is 0 Å². The van der Waals surface area contributed by atoms with Crippen molar-refractivity contribution < 1.29 is 4.39 Å². The third-order valence-corrected chi connectivity index (χ3v) is 5.59. The smallest absolute Gasteiger partial charge is 0.134 e. The van der Waals surface area contributed by atoms with Gasteiger partial charge in [0.25, 0.3) is 0 Å². The van der Waals surface area contributed by atoms with Crippen LogP contribution >= 0.6 is 0 Å². The second-order valence-corrected chi connectivity index (χ2v) is 7.28. The molecular weight excluding hydrogens is 283 g/mol. The maximum Gasteiger partial charge on any atom is 0.134 e. The summed E-state index contributed by atoms with van der Waals surface area (Å²) in [6.45, 7) is 4.39. The molecule has 3 rings (SSSR count). The molecule has 0 saturated heterocycles. The summed E-state index contributed by atoms with van der Waals surface area (Å²) in [5.74, 6) is 1.60. The molecule has 124 valence electrons. The first-order valence-electron chi connectivity index (χ1n) is 9.44. The molecule has 0 unspecified atom stereocenters. The summed E-state index contributed by atoms with van der Waals surface area (Å²) in [5.41, 5.74) is 2.27. The zero-order chi connectivity index (χ0) is 16.2. The molecule has 0 bridgehead atoms. The molecule has 0 atom stereocenters. The molecule has 0 spiro atoms. The highest BCUT2D eigenvalue weighted by Gasteiger charge is 2.22. The van der Waals surface area contributed by atoms with Crippen LogP contribution in [-0.2, 0) is 6.42 Å². The highest BCUT2D eigenvalue weighted by molar-refractivity contribution is 5.84. The third-order valence-electron chi connectivity index (χ3n) is 5.59. The Morgan fingerprint density at radius 3 is 2.43 bits per heavy atom. The number of aryl methyl sites for hydroxylation is 1. The molecule has 0 aliphatic heterocycles. The van der Waals surface area contributed by atoms with Crippen LogP contribution in [0.3, 0.4) is 0 Å². The summed E-state index contributed by atoms with van der Waals surface area (Å²) in [5, 5.41) is 1.86. The largest absolute Gasteiger partial charge is 0.206 e. The van der Waals surface area contributed by atoms with Crippen molar-refractivity contribution in [1.29, 1.82) is 0 Å². The van der Waals surface area contributed by atoms with Gasteiger partial charge in [-0.2, -0.15) is 0 Å². The third kappa shape index (κ3) is 3.59. The van der Waals surface area contributed by atoms with Gasteiger partial charge >= 0.3 is 0 Å². The fourth-order valence-electron chi connectivity index (χ4n) is 4.26. The van der Waals surface area contributed by atoms with Crippen molar-refractivity contribution in [1.82, 2.24) is 0 Å². The van der Waals surface area contributed by atoms with Crippen molar-refractivity contribution in [3.8, 4) is 0 Å². The van der Waals surface area contributed by atoms with Gasteiger partial charge < -0.3 is 0 Å². The Morgan fingerprint density at radius 2 is 1.74 bits per heavy atom. The first kappa shape index (κ1) is 16.5. The summed E-state index contributed by atoms with van der Waals surface area (Å²) in [6, 6.07) is 10.5. The number of benzene rings is 2. The molecule has 0 radical (unpaired) electrons. The Morgan fingerprint density at radius 1 is 0.957 bits per heavy atom. The van der Waals surface area contributed by atoms with E-state index in [4.69, 9.17) is 0 Å². The fourth-order valence-corrected chi connectivity index (χ4v) is 4.26. The van der Waals surface area contributed by atoms with Crippen LogP contribution in [0.5, 0.6) is 0 Å². The quantitative estimate of drug-likeness (QED) is 0.557. The molecule has 1 aliphatic rings. The molecule has 0 amide bonds. The van der Waals surface area contributed by atoms with Crippen LogP contribution in [0.15, 0.2) is 30.3 Å². The first-order chi connectivity index (χ1) is 11.2. The minimum Gasteiger partial charge on any atom is -0.206 e. The van der Waals surface area contributed by atoms with E-state index in [1.807, 2.05) is 12.1 Å². The van der Waals surface area contributed by atoms with Crippen LogP contribution in [0.4, 0.5) is 4.39 Å². The number of hydrogen-bond acceptors (Lipinski definition) is 0. The van der Waals surface area contributed by atoms with Crippen LogP contribution in [0.2, 0.25) is 0 Å². The van der Waals surface area contributed by atoms with Gasteiger partial charge in [0.05, 0.1) is 0 Å². The van der Waals surface area contributed by atoms with Gasteiger partial charge in [-0.25, -0.2) is 4.39 Å². The van der Waals surface area contributed by atoms with Crippen molar-refractivity contribution in [2.45, 2.75) is 71.1 Å². The topological polar surface area (TPSA) is 0 Å². The van der Waals surface area contributed by atoms with E-state index < -0.39 is 0 Å². The number of fused-ring (bicyclic) bond motifs is 1. The van der Waals surface area contributed by atoms with Gasteiger partial charge in [0, 0.05) is 5.39 Å². The van der Waals surface area contributed by atoms with Gasteiger partial charge in [-0.1, -0.05) is 63.4 Å². The number of halogens is 1. The Labute approximate surface area is 140 Å². The van der Waals surface area contributed by atoms with Gasteiger partial charge in [0.2, 0.25) is 0 Å². The summed E-state index contributed by atoms with van der Waals surface area (Å²) < 4.78 is 14.6. The minimum atomic E-state index is -0.0115. The molecular formula is C22H29F. The van der Waals surface area contributed by atoms with Crippen LogP contribution in [0.1, 0.15) is 75.8 Å². The van der Waals surface area contributed by atoms with Crippen LogP contribution in [0, 0.1) is 11.7 Å². The second-order valence-electron chi connectivity index (χ2n) is 7.28. The van der Waals surface area contributed by atoms with Gasteiger partial charge in [0.1, 0.15) is 5.82 Å². The van der Waals surface area contributed by atoms with Crippen molar-refractivity contribution in [2.24, 2.45) is 5.92 Å². The average Bonchev–Trinajstić information content (AvgIpc) is 2.58. The Balaban J connectivity index is 1.80. The summed E-state index contributed by atoms with van der Waals surface area (Å²) in [6.07, 6.45) is 9.83. The lowest BCUT2D eigenvalue weighted by Gasteiger charge is -2.28. The zero-order valence-electron chi connectivity index (χ0n) is 14.6. The van der Waals surface area contributed by atoms with Crippen LogP contribution in [0.25, 0.3) is 10.8 Å². The van der Waals surface area contributed by atoms with E-state index in [9.17, 15) is 4.39 Å². The minimum absolute atomic E-state index is 0.0115. The predicted molar refractivity (Wildman–Crippen MR) is 97.5 cm³/mol. The zero-order valence-corrected chi connectivity index (χ0v) is 14.6. The number of hydrogen-bond donors (Lipinski definition) is 0. The molecule has 0 N–H and O–H groups in total. The molecule has 2 aromatic rings. The molecule has 0 aromatic heterocycles. The molecule has 1 saturated carbocycles. The number of rotatable bonds is 5. The lowest BCUT2D eigenvalue weighted by atomic mass is 9.77. The van der Waals surface area contributed by atoms with Crippen LogP contribution < -0.4 is 0 Å². The predicted octanol–water partition coefficient (Wildman–Crippen LogP) is 7.01. The lowest BCUT2D eigenvalue weighted by molar-refractivity contribution is 0.308. The Hall–Kier alpha value is -1.37. The summed E-state index contributed by atoms with van der Waals surface area (Å²) in [7, 11) is 0. The Kier molecular flexibility index (Phi) is 5.35. The normalized spacial score (nSPS) is 21.7. The van der Waals surface area contributed by atoms with Crippen molar-refractivity contribution in [3.05, 3.63) is 47.3 Å². The van der Waals surface area contributed by atoms with E-state index >= 15 is 0 Å². The van der Waals surface area contributed by atoms with Gasteiger partial charge in [0.15, 0.2) is 0 Å². The molecule has 0 nitrogen and oxygen atoms in total. The van der Waals surface area contributed by atoms with Crippen LogP contribution in [-0.4, -0.2) is 0 Å². The SMILES string of the molecule is CCCc1ccc2cc(C3CCC(CCC)CC3)ccc2c1F. The molecule has 0 heterocycles. The molecule has 1 aliphatic carbocycles. The lowest BCUT2D eigenvalue weighted by Crippen LogP contribution is -2.13. The van der Waals surface area contributed by atoms with Crippen molar-refractivity contribution >= 4 is 10.8 Å². The highest BCUT2D eigenvalue weighted by atomic mass is 19.1. The molecule has 1 fully saturated rings. The van der Waals surface area contributed by atoms with Gasteiger partial charge in [-0.3, -0.25) is 0 Å². The van der Waals surface area contributed by atoms with E-state index in [0.29, 0.717) is 5.92 Å². The highest BCUT2D eigenvalue weighted by Crippen LogP contribution is 2.38. The average molecular weight is 312 g/mol. The van der Waals surface area contributed by atoms with E-state index in [0.717, 1.165) is 35.1 Å². The molecule has 23 heavy (non-hydrogen) atoms. The van der Waals surface area contributed by atoms with Gasteiger partial charge in [-0.05, 0) is 60.5 Å². The maximum absolute atomic E-state index is 14.6. The van der Waals surface area contributed by atoms with Crippen molar-refractivity contribution in [2.75, 3.05) is 0 Å². The van der Waals surface area contributed by atoms with E-state index in [1.165, 1.54) is 44.1 Å². The molecule has 1 heteroatoms.